The second kappa shape index (κ2) is 7.99. The number of carbonyl (C=O) groups is 1. The summed E-state index contributed by atoms with van der Waals surface area (Å²) < 4.78 is 5.29. The number of carbonyl (C=O) groups excluding carboxylic acids is 1. The van der Waals surface area contributed by atoms with Crippen molar-refractivity contribution >= 4 is 11.6 Å². The summed E-state index contributed by atoms with van der Waals surface area (Å²) in [5.41, 5.74) is 2.06. The van der Waals surface area contributed by atoms with Crippen LogP contribution in [0.2, 0.25) is 0 Å². The van der Waals surface area contributed by atoms with Crippen molar-refractivity contribution in [3.63, 3.8) is 0 Å². The number of benzene rings is 1. The summed E-state index contributed by atoms with van der Waals surface area (Å²) in [6.07, 6.45) is 4.43. The van der Waals surface area contributed by atoms with Crippen LogP contribution in [0.5, 0.6) is 0 Å². The van der Waals surface area contributed by atoms with Gasteiger partial charge in [0.15, 0.2) is 0 Å². The van der Waals surface area contributed by atoms with Gasteiger partial charge in [0.25, 0.3) is 0 Å². The number of amides is 1. The van der Waals surface area contributed by atoms with Gasteiger partial charge < -0.3 is 14.3 Å². The van der Waals surface area contributed by atoms with Crippen molar-refractivity contribution < 1.29 is 9.32 Å². The highest BCUT2D eigenvalue weighted by atomic mass is 16.5. The summed E-state index contributed by atoms with van der Waals surface area (Å²) >= 11 is 0. The first-order valence-corrected chi connectivity index (χ1v) is 9.10. The normalized spacial score (nSPS) is 14.4. The Morgan fingerprint density at radius 3 is 2.48 bits per heavy atom. The molecule has 0 unspecified atom stereocenters. The summed E-state index contributed by atoms with van der Waals surface area (Å²) in [6, 6.07) is 13.7. The predicted molar refractivity (Wildman–Crippen MR) is 101 cm³/mol. The number of hydrogen-bond donors (Lipinski definition) is 0. The molecule has 0 aliphatic carbocycles. The molecule has 4 rings (SSSR count). The highest BCUT2D eigenvalue weighted by Gasteiger charge is 2.21. The second-order valence-electron chi connectivity index (χ2n) is 6.45. The number of pyridine rings is 1. The van der Waals surface area contributed by atoms with E-state index in [9.17, 15) is 4.79 Å². The Bertz CT molecular complexity index is 874. The smallest absolute Gasteiger partial charge is 0.227 e. The third-order valence-electron chi connectivity index (χ3n) is 4.71. The fourth-order valence-corrected chi connectivity index (χ4v) is 3.20. The van der Waals surface area contributed by atoms with E-state index < -0.39 is 0 Å². The molecule has 1 aliphatic rings. The molecule has 7 heteroatoms. The molecule has 0 spiro atoms. The van der Waals surface area contributed by atoms with E-state index in [0.717, 1.165) is 37.4 Å². The van der Waals surface area contributed by atoms with Gasteiger partial charge in [-0.05, 0) is 12.1 Å². The molecule has 1 amide bonds. The number of piperazine rings is 1. The van der Waals surface area contributed by atoms with Crippen molar-refractivity contribution in [2.75, 3.05) is 31.1 Å². The Balaban J connectivity index is 1.27. The zero-order valence-electron chi connectivity index (χ0n) is 15.0. The Kier molecular flexibility index (Phi) is 5.09. The summed E-state index contributed by atoms with van der Waals surface area (Å²) in [7, 11) is 0. The molecule has 0 radical (unpaired) electrons. The molecule has 0 saturated carbocycles. The fourth-order valence-electron chi connectivity index (χ4n) is 3.20. The van der Waals surface area contributed by atoms with Gasteiger partial charge in [-0.25, -0.2) is 0 Å². The number of hydrogen-bond acceptors (Lipinski definition) is 6. The molecule has 7 nitrogen and oxygen atoms in total. The highest BCUT2D eigenvalue weighted by molar-refractivity contribution is 5.76. The lowest BCUT2D eigenvalue weighted by Gasteiger charge is -2.36. The average Bonchev–Trinajstić information content (AvgIpc) is 3.22. The Labute approximate surface area is 157 Å². The zero-order chi connectivity index (χ0) is 18.5. The minimum atomic E-state index is 0.129. The maximum Gasteiger partial charge on any atom is 0.227 e. The van der Waals surface area contributed by atoms with Crippen molar-refractivity contribution in [1.82, 2.24) is 20.0 Å². The lowest BCUT2D eigenvalue weighted by atomic mass is 10.2. The lowest BCUT2D eigenvalue weighted by molar-refractivity contribution is -0.131. The minimum absolute atomic E-state index is 0.129. The van der Waals surface area contributed by atoms with E-state index in [-0.39, 0.29) is 5.91 Å². The summed E-state index contributed by atoms with van der Waals surface area (Å²) in [6.45, 7) is 3.10. The van der Waals surface area contributed by atoms with Crippen LogP contribution in [-0.2, 0) is 11.2 Å². The molecule has 27 heavy (non-hydrogen) atoms. The molecule has 3 aromatic rings. The van der Waals surface area contributed by atoms with Crippen LogP contribution in [0.15, 0.2) is 59.4 Å². The van der Waals surface area contributed by atoms with E-state index in [0.29, 0.717) is 24.6 Å². The standard InChI is InChI=1S/C20H21N5O2/c26-19(25-14-12-24(13-15-25)17-8-10-21-11-9-17)7-6-18-22-20(23-27-18)16-4-2-1-3-5-16/h1-5,8-11H,6-7,12-15H2. The van der Waals surface area contributed by atoms with Gasteiger partial charge >= 0.3 is 0 Å². The Morgan fingerprint density at radius 1 is 1.00 bits per heavy atom. The predicted octanol–water partition coefficient (Wildman–Crippen LogP) is 2.41. The van der Waals surface area contributed by atoms with E-state index in [1.807, 2.05) is 47.4 Å². The number of nitrogens with zero attached hydrogens (tertiary/aromatic N) is 5. The van der Waals surface area contributed by atoms with Crippen LogP contribution in [0.25, 0.3) is 11.4 Å². The number of rotatable bonds is 5. The van der Waals surface area contributed by atoms with Crippen LogP contribution < -0.4 is 4.90 Å². The van der Waals surface area contributed by atoms with Crippen molar-refractivity contribution in [1.29, 1.82) is 0 Å². The number of aryl methyl sites for hydroxylation is 1. The minimum Gasteiger partial charge on any atom is -0.368 e. The number of anilines is 1. The SMILES string of the molecule is O=C(CCc1nc(-c2ccccc2)no1)N1CCN(c2ccncc2)CC1. The molecule has 1 saturated heterocycles. The Morgan fingerprint density at radius 2 is 1.74 bits per heavy atom. The van der Waals surface area contributed by atoms with Gasteiger partial charge in [-0.1, -0.05) is 35.5 Å². The van der Waals surface area contributed by atoms with Crippen molar-refractivity contribution in [3.05, 3.63) is 60.7 Å². The number of aromatic nitrogens is 3. The third kappa shape index (κ3) is 4.13. The lowest BCUT2D eigenvalue weighted by Crippen LogP contribution is -2.48. The van der Waals surface area contributed by atoms with Gasteiger partial charge in [-0.3, -0.25) is 9.78 Å². The molecule has 3 heterocycles. The molecular weight excluding hydrogens is 342 g/mol. The van der Waals surface area contributed by atoms with Gasteiger partial charge in [0, 0.05) is 62.7 Å². The zero-order valence-corrected chi connectivity index (χ0v) is 15.0. The first-order valence-electron chi connectivity index (χ1n) is 9.10. The summed E-state index contributed by atoms with van der Waals surface area (Å²) in [5.74, 6) is 1.19. The maximum atomic E-state index is 12.5. The second-order valence-corrected chi connectivity index (χ2v) is 6.45. The van der Waals surface area contributed by atoms with Gasteiger partial charge in [0.2, 0.25) is 17.6 Å². The van der Waals surface area contributed by atoms with Crippen LogP contribution in [0.1, 0.15) is 12.3 Å². The van der Waals surface area contributed by atoms with Crippen molar-refractivity contribution in [3.8, 4) is 11.4 Å². The van der Waals surface area contributed by atoms with Gasteiger partial charge in [0.05, 0.1) is 0 Å². The molecular formula is C20H21N5O2. The molecule has 138 valence electrons. The van der Waals surface area contributed by atoms with Crippen LogP contribution in [-0.4, -0.2) is 52.1 Å². The molecule has 1 fully saturated rings. The van der Waals surface area contributed by atoms with Crippen LogP contribution in [0.3, 0.4) is 0 Å². The quantitative estimate of drug-likeness (QED) is 0.693. The summed E-state index contributed by atoms with van der Waals surface area (Å²) in [5, 5.41) is 4.00. The van der Waals surface area contributed by atoms with Gasteiger partial charge in [0.1, 0.15) is 0 Å². The molecule has 0 N–H and O–H groups in total. The molecule has 1 aromatic carbocycles. The van der Waals surface area contributed by atoms with Crippen LogP contribution in [0.4, 0.5) is 5.69 Å². The highest BCUT2D eigenvalue weighted by Crippen LogP contribution is 2.17. The molecule has 0 bridgehead atoms. The Hall–Kier alpha value is -3.22. The van der Waals surface area contributed by atoms with Crippen molar-refractivity contribution in [2.24, 2.45) is 0 Å². The summed E-state index contributed by atoms with van der Waals surface area (Å²) in [4.78, 5) is 25.1. The largest absolute Gasteiger partial charge is 0.368 e. The topological polar surface area (TPSA) is 75.4 Å². The van der Waals surface area contributed by atoms with Crippen LogP contribution >= 0.6 is 0 Å². The van der Waals surface area contributed by atoms with Gasteiger partial charge in [-0.15, -0.1) is 0 Å². The monoisotopic (exact) mass is 363 g/mol. The van der Waals surface area contributed by atoms with Crippen LogP contribution in [0, 0.1) is 0 Å². The van der Waals surface area contributed by atoms with E-state index in [4.69, 9.17) is 4.52 Å². The first-order chi connectivity index (χ1) is 13.3. The maximum absolute atomic E-state index is 12.5. The van der Waals surface area contributed by atoms with Gasteiger partial charge in [-0.2, -0.15) is 4.98 Å². The molecule has 1 aliphatic heterocycles. The third-order valence-corrected chi connectivity index (χ3v) is 4.71. The van der Waals surface area contributed by atoms with Crippen molar-refractivity contribution in [2.45, 2.75) is 12.8 Å². The van der Waals surface area contributed by atoms with E-state index in [1.54, 1.807) is 12.4 Å². The first kappa shape index (κ1) is 17.2. The van der Waals surface area contributed by atoms with E-state index >= 15 is 0 Å². The fraction of sp³-hybridized carbons (Fsp3) is 0.300. The average molecular weight is 363 g/mol. The molecule has 0 atom stereocenters. The molecule has 2 aromatic heterocycles. The van der Waals surface area contributed by atoms with E-state index in [1.165, 1.54) is 0 Å². The van der Waals surface area contributed by atoms with E-state index in [2.05, 4.69) is 20.0 Å².